The lowest BCUT2D eigenvalue weighted by atomic mass is 10.1. The van der Waals surface area contributed by atoms with Gasteiger partial charge in [-0.1, -0.05) is 12.1 Å². The Morgan fingerprint density at radius 3 is 2.71 bits per heavy atom. The van der Waals surface area contributed by atoms with E-state index in [1.807, 2.05) is 0 Å². The van der Waals surface area contributed by atoms with Crippen molar-refractivity contribution in [2.75, 3.05) is 4.72 Å². The van der Waals surface area contributed by atoms with Gasteiger partial charge in [-0.2, -0.15) is 0 Å². The number of anilines is 1. The van der Waals surface area contributed by atoms with E-state index in [1.165, 1.54) is 24.5 Å². The van der Waals surface area contributed by atoms with Crippen molar-refractivity contribution in [3.8, 4) is 0 Å². The number of carboxylic acids is 1. The van der Waals surface area contributed by atoms with Crippen molar-refractivity contribution in [3.63, 3.8) is 0 Å². The van der Waals surface area contributed by atoms with Crippen LogP contribution in [0.2, 0.25) is 0 Å². The van der Waals surface area contributed by atoms with E-state index in [0.29, 0.717) is 15.7 Å². The highest BCUT2D eigenvalue weighted by Crippen LogP contribution is 2.19. The number of nitrogens with one attached hydrogen (secondary N) is 1. The van der Waals surface area contributed by atoms with E-state index in [2.05, 4.69) is 25.6 Å². The van der Waals surface area contributed by atoms with Crippen molar-refractivity contribution in [2.45, 2.75) is 11.3 Å². The Labute approximate surface area is 130 Å². The van der Waals surface area contributed by atoms with Gasteiger partial charge < -0.3 is 5.11 Å². The van der Waals surface area contributed by atoms with Crippen molar-refractivity contribution < 1.29 is 18.3 Å². The van der Waals surface area contributed by atoms with E-state index in [1.54, 1.807) is 18.2 Å². The molecule has 0 fully saturated rings. The highest BCUT2D eigenvalue weighted by molar-refractivity contribution is 9.10. The maximum Gasteiger partial charge on any atom is 0.307 e. The minimum atomic E-state index is -3.77. The Bertz CT molecular complexity index is 777. The highest BCUT2D eigenvalue weighted by atomic mass is 79.9. The minimum Gasteiger partial charge on any atom is -0.481 e. The Balaban J connectivity index is 2.26. The number of benzene rings is 1. The zero-order chi connectivity index (χ0) is 15.5. The van der Waals surface area contributed by atoms with Gasteiger partial charge in [0, 0.05) is 22.6 Å². The monoisotopic (exact) mass is 370 g/mol. The number of aromatic nitrogens is 1. The van der Waals surface area contributed by atoms with Crippen LogP contribution in [0.3, 0.4) is 0 Å². The van der Waals surface area contributed by atoms with Gasteiger partial charge in [-0.3, -0.25) is 14.5 Å². The molecule has 2 aromatic rings. The van der Waals surface area contributed by atoms with E-state index in [4.69, 9.17) is 5.11 Å². The van der Waals surface area contributed by atoms with Crippen LogP contribution in [0, 0.1) is 0 Å². The molecule has 2 rings (SSSR count). The van der Waals surface area contributed by atoms with Gasteiger partial charge in [-0.05, 0) is 39.7 Å². The van der Waals surface area contributed by atoms with Gasteiger partial charge in [0.25, 0.3) is 10.0 Å². The lowest BCUT2D eigenvalue weighted by molar-refractivity contribution is -0.136. The van der Waals surface area contributed by atoms with Crippen molar-refractivity contribution in [2.24, 2.45) is 0 Å². The molecule has 0 saturated carbocycles. The molecule has 1 aromatic heterocycles. The summed E-state index contributed by atoms with van der Waals surface area (Å²) < 4.78 is 27.3. The second-order valence-corrected chi connectivity index (χ2v) is 6.81. The van der Waals surface area contributed by atoms with Crippen molar-refractivity contribution in [3.05, 3.63) is 52.8 Å². The molecule has 0 spiro atoms. The summed E-state index contributed by atoms with van der Waals surface area (Å²) >= 11 is 3.16. The predicted octanol–water partition coefficient (Wildman–Crippen LogP) is 2.27. The first-order valence-electron chi connectivity index (χ1n) is 5.81. The van der Waals surface area contributed by atoms with Crippen LogP contribution in [0.1, 0.15) is 5.56 Å². The summed E-state index contributed by atoms with van der Waals surface area (Å²) in [5.41, 5.74) is 0.809. The summed E-state index contributed by atoms with van der Waals surface area (Å²) in [5.74, 6) is -0.980. The number of hydrogen-bond acceptors (Lipinski definition) is 4. The number of halogens is 1. The van der Waals surface area contributed by atoms with Crippen molar-refractivity contribution >= 4 is 37.6 Å². The third-order valence-corrected chi connectivity index (χ3v) is 4.31. The molecular weight excluding hydrogens is 360 g/mol. The van der Waals surface area contributed by atoms with Crippen LogP contribution in [0.15, 0.2) is 52.1 Å². The van der Waals surface area contributed by atoms with Gasteiger partial charge in [0.15, 0.2) is 0 Å². The molecule has 0 aliphatic carbocycles. The third kappa shape index (κ3) is 4.27. The molecule has 0 radical (unpaired) electrons. The molecular formula is C13H11BrN2O4S. The number of pyridine rings is 1. The summed E-state index contributed by atoms with van der Waals surface area (Å²) in [7, 11) is -3.77. The normalized spacial score (nSPS) is 11.1. The number of aliphatic carboxylic acids is 1. The second kappa shape index (κ2) is 6.23. The fourth-order valence-electron chi connectivity index (χ4n) is 1.67. The Morgan fingerprint density at radius 1 is 1.29 bits per heavy atom. The molecule has 110 valence electrons. The molecule has 2 N–H and O–H groups in total. The van der Waals surface area contributed by atoms with Crippen LogP contribution in [0.5, 0.6) is 0 Å². The summed E-state index contributed by atoms with van der Waals surface area (Å²) in [6.07, 6.45) is 2.54. The first kappa shape index (κ1) is 15.5. The lowest BCUT2D eigenvalue weighted by Crippen LogP contribution is -2.13. The summed E-state index contributed by atoms with van der Waals surface area (Å²) in [6.45, 7) is 0. The van der Waals surface area contributed by atoms with Gasteiger partial charge in [0.2, 0.25) is 0 Å². The third-order valence-electron chi connectivity index (χ3n) is 2.52. The smallest absolute Gasteiger partial charge is 0.307 e. The van der Waals surface area contributed by atoms with Crippen LogP contribution in [-0.4, -0.2) is 24.5 Å². The fourth-order valence-corrected chi connectivity index (χ4v) is 3.23. The number of rotatable bonds is 5. The molecule has 1 heterocycles. The summed E-state index contributed by atoms with van der Waals surface area (Å²) in [4.78, 5) is 14.5. The van der Waals surface area contributed by atoms with Crippen molar-refractivity contribution in [1.29, 1.82) is 0 Å². The lowest BCUT2D eigenvalue weighted by Gasteiger charge is -2.09. The molecule has 21 heavy (non-hydrogen) atoms. The topological polar surface area (TPSA) is 96.4 Å². The van der Waals surface area contributed by atoms with Gasteiger partial charge >= 0.3 is 5.97 Å². The number of nitrogens with zero attached hydrogens (tertiary/aromatic N) is 1. The Hall–Kier alpha value is -1.93. The maximum atomic E-state index is 12.2. The quantitative estimate of drug-likeness (QED) is 0.841. The maximum absolute atomic E-state index is 12.2. The molecule has 0 aliphatic heterocycles. The molecule has 0 unspecified atom stereocenters. The van der Waals surface area contributed by atoms with E-state index in [9.17, 15) is 13.2 Å². The average molecular weight is 371 g/mol. The first-order chi connectivity index (χ1) is 9.87. The Kier molecular flexibility index (Phi) is 4.59. The molecule has 1 aromatic carbocycles. The number of carbonyl (C=O) groups is 1. The number of sulfonamides is 1. The van der Waals surface area contributed by atoms with Gasteiger partial charge in [0.1, 0.15) is 4.90 Å². The molecule has 8 heteroatoms. The zero-order valence-electron chi connectivity index (χ0n) is 10.7. The van der Waals surface area contributed by atoms with E-state index in [-0.39, 0.29) is 11.3 Å². The van der Waals surface area contributed by atoms with Crippen LogP contribution >= 0.6 is 15.9 Å². The van der Waals surface area contributed by atoms with Gasteiger partial charge in [-0.25, -0.2) is 8.42 Å². The minimum absolute atomic E-state index is 0.0144. The predicted molar refractivity (Wildman–Crippen MR) is 80.5 cm³/mol. The van der Waals surface area contributed by atoms with E-state index >= 15 is 0 Å². The van der Waals surface area contributed by atoms with Gasteiger partial charge in [-0.15, -0.1) is 0 Å². The molecule has 0 saturated heterocycles. The zero-order valence-corrected chi connectivity index (χ0v) is 13.1. The largest absolute Gasteiger partial charge is 0.481 e. The van der Waals surface area contributed by atoms with Crippen LogP contribution in [0.25, 0.3) is 0 Å². The average Bonchev–Trinajstić information content (AvgIpc) is 2.37. The molecule has 0 amide bonds. The number of carboxylic acid groups (broad SMARTS) is 1. The highest BCUT2D eigenvalue weighted by Gasteiger charge is 2.15. The summed E-state index contributed by atoms with van der Waals surface area (Å²) in [6, 6.07) is 7.67. The molecule has 6 nitrogen and oxygen atoms in total. The second-order valence-electron chi connectivity index (χ2n) is 4.22. The molecule has 0 bridgehead atoms. The summed E-state index contributed by atoms with van der Waals surface area (Å²) in [5, 5.41) is 8.75. The van der Waals surface area contributed by atoms with E-state index < -0.39 is 16.0 Å². The fraction of sp³-hybridized carbons (Fsp3) is 0.0769. The standard InChI is InChI=1S/C13H11BrN2O4S/c14-10-6-12(8-15-7-10)21(19,20)16-11-3-1-2-9(4-11)5-13(17)18/h1-4,6-8,16H,5H2,(H,17,18). The van der Waals surface area contributed by atoms with Crippen LogP contribution in [0.4, 0.5) is 5.69 Å². The van der Waals surface area contributed by atoms with Gasteiger partial charge in [0.05, 0.1) is 6.42 Å². The SMILES string of the molecule is O=C(O)Cc1cccc(NS(=O)(=O)c2cncc(Br)c2)c1. The Morgan fingerprint density at radius 2 is 2.05 bits per heavy atom. The number of hydrogen-bond donors (Lipinski definition) is 2. The van der Waals surface area contributed by atoms with Crippen molar-refractivity contribution in [1.82, 2.24) is 4.98 Å². The van der Waals surface area contributed by atoms with Crippen LogP contribution in [-0.2, 0) is 21.2 Å². The van der Waals surface area contributed by atoms with Crippen LogP contribution < -0.4 is 4.72 Å². The first-order valence-corrected chi connectivity index (χ1v) is 8.08. The molecule has 0 aliphatic rings. The van der Waals surface area contributed by atoms with E-state index in [0.717, 1.165) is 0 Å². The molecule has 0 atom stereocenters.